The van der Waals surface area contributed by atoms with Crippen LogP contribution in [-0.2, 0) is 0 Å². The van der Waals surface area contributed by atoms with Crippen molar-refractivity contribution in [3.63, 3.8) is 0 Å². The van der Waals surface area contributed by atoms with Gasteiger partial charge < -0.3 is 14.5 Å². The fourth-order valence-corrected chi connectivity index (χ4v) is 4.66. The molecule has 0 saturated carbocycles. The van der Waals surface area contributed by atoms with Gasteiger partial charge in [-0.3, -0.25) is 4.79 Å². The molecule has 152 valence electrons. The van der Waals surface area contributed by atoms with Crippen LogP contribution in [0.2, 0.25) is 0 Å². The van der Waals surface area contributed by atoms with Crippen molar-refractivity contribution in [2.45, 2.75) is 33.8 Å². The van der Waals surface area contributed by atoms with E-state index in [0.29, 0.717) is 18.7 Å². The molecule has 0 unspecified atom stereocenters. The van der Waals surface area contributed by atoms with Crippen LogP contribution < -0.4 is 9.64 Å². The van der Waals surface area contributed by atoms with Gasteiger partial charge in [-0.2, -0.15) is 0 Å². The predicted octanol–water partition coefficient (Wildman–Crippen LogP) is 4.66. The smallest absolute Gasteiger partial charge is 0.253 e. The first-order valence-corrected chi connectivity index (χ1v) is 10.9. The Labute approximate surface area is 175 Å². The summed E-state index contributed by atoms with van der Waals surface area (Å²) in [6.45, 7) is 11.3. The third-order valence-corrected chi connectivity index (χ3v) is 6.47. The first-order chi connectivity index (χ1) is 13.9. The third kappa shape index (κ3) is 4.08. The quantitative estimate of drug-likeness (QED) is 0.629. The Bertz CT molecular complexity index is 1020. The number of amides is 1. The SMILES string of the molecule is Cc1ccc2sc(N3CCN(C(=O)c4ccc(OC(C)C)cc4)CC3)nc2c1C. The summed E-state index contributed by atoms with van der Waals surface area (Å²) in [6.07, 6.45) is 0.125. The molecule has 1 amide bonds. The van der Waals surface area contributed by atoms with E-state index < -0.39 is 0 Å². The van der Waals surface area contributed by atoms with E-state index in [-0.39, 0.29) is 12.0 Å². The molecule has 5 nitrogen and oxygen atoms in total. The van der Waals surface area contributed by atoms with E-state index in [1.54, 1.807) is 11.3 Å². The summed E-state index contributed by atoms with van der Waals surface area (Å²) in [5.41, 5.74) is 4.34. The average molecular weight is 410 g/mol. The van der Waals surface area contributed by atoms with Crippen molar-refractivity contribution in [3.8, 4) is 5.75 Å². The van der Waals surface area contributed by atoms with Crippen LogP contribution in [0, 0.1) is 13.8 Å². The van der Waals surface area contributed by atoms with Gasteiger partial charge in [0.25, 0.3) is 5.91 Å². The number of anilines is 1. The highest BCUT2D eigenvalue weighted by Gasteiger charge is 2.24. The first-order valence-electron chi connectivity index (χ1n) is 10.1. The maximum Gasteiger partial charge on any atom is 0.253 e. The zero-order valence-electron chi connectivity index (χ0n) is 17.4. The minimum absolute atomic E-state index is 0.0801. The van der Waals surface area contributed by atoms with E-state index in [0.717, 1.165) is 29.5 Å². The van der Waals surface area contributed by atoms with E-state index in [9.17, 15) is 4.79 Å². The van der Waals surface area contributed by atoms with E-state index >= 15 is 0 Å². The molecule has 0 atom stereocenters. The summed E-state index contributed by atoms with van der Waals surface area (Å²) in [5, 5.41) is 1.05. The number of fused-ring (bicyclic) bond motifs is 1. The molecular weight excluding hydrogens is 382 g/mol. The highest BCUT2D eigenvalue weighted by Crippen LogP contribution is 2.32. The number of piperazine rings is 1. The normalized spacial score (nSPS) is 14.7. The second kappa shape index (κ2) is 8.03. The van der Waals surface area contributed by atoms with Crippen LogP contribution in [0.1, 0.15) is 35.3 Å². The Hall–Kier alpha value is -2.60. The Balaban J connectivity index is 1.41. The molecule has 6 heteroatoms. The number of rotatable bonds is 4. The van der Waals surface area contributed by atoms with Crippen LogP contribution in [0.4, 0.5) is 5.13 Å². The number of carbonyl (C=O) groups excluding carboxylic acids is 1. The molecule has 0 spiro atoms. The lowest BCUT2D eigenvalue weighted by Gasteiger charge is -2.34. The number of thiazole rings is 1. The lowest BCUT2D eigenvalue weighted by atomic mass is 10.1. The Morgan fingerprint density at radius 3 is 2.38 bits per heavy atom. The van der Waals surface area contributed by atoms with Crippen molar-refractivity contribution in [1.82, 2.24) is 9.88 Å². The monoisotopic (exact) mass is 409 g/mol. The lowest BCUT2D eigenvalue weighted by Crippen LogP contribution is -2.48. The van der Waals surface area contributed by atoms with E-state index in [1.807, 2.05) is 43.0 Å². The molecule has 2 heterocycles. The molecule has 1 aliphatic rings. The van der Waals surface area contributed by atoms with Gasteiger partial charge in [-0.15, -0.1) is 0 Å². The first kappa shape index (κ1) is 19.7. The van der Waals surface area contributed by atoms with Crippen molar-refractivity contribution < 1.29 is 9.53 Å². The number of ether oxygens (including phenoxy) is 1. The summed E-state index contributed by atoms with van der Waals surface area (Å²) in [7, 11) is 0. The number of benzene rings is 2. The number of hydrogen-bond acceptors (Lipinski definition) is 5. The Morgan fingerprint density at radius 2 is 1.72 bits per heavy atom. The maximum absolute atomic E-state index is 12.9. The van der Waals surface area contributed by atoms with Gasteiger partial charge in [-0.05, 0) is 69.2 Å². The molecule has 1 aliphatic heterocycles. The lowest BCUT2D eigenvalue weighted by molar-refractivity contribution is 0.0746. The van der Waals surface area contributed by atoms with Crippen molar-refractivity contribution in [2.75, 3.05) is 31.1 Å². The van der Waals surface area contributed by atoms with Crippen molar-refractivity contribution in [1.29, 1.82) is 0 Å². The number of aromatic nitrogens is 1. The van der Waals surface area contributed by atoms with Gasteiger partial charge in [0.05, 0.1) is 16.3 Å². The fraction of sp³-hybridized carbons (Fsp3) is 0.391. The van der Waals surface area contributed by atoms with Gasteiger partial charge in [-0.25, -0.2) is 4.98 Å². The van der Waals surface area contributed by atoms with Crippen molar-refractivity contribution >= 4 is 32.6 Å². The second-order valence-electron chi connectivity index (χ2n) is 7.82. The highest BCUT2D eigenvalue weighted by atomic mass is 32.1. The predicted molar refractivity (Wildman–Crippen MR) is 119 cm³/mol. The molecule has 2 aromatic carbocycles. The average Bonchev–Trinajstić information content (AvgIpc) is 3.16. The molecule has 0 N–H and O–H groups in total. The molecule has 0 bridgehead atoms. The molecule has 0 radical (unpaired) electrons. The van der Waals surface area contributed by atoms with Crippen molar-refractivity contribution in [3.05, 3.63) is 53.1 Å². The molecule has 0 aliphatic carbocycles. The molecule has 1 saturated heterocycles. The molecule has 3 aromatic rings. The molecule has 29 heavy (non-hydrogen) atoms. The van der Waals surface area contributed by atoms with Crippen LogP contribution in [0.15, 0.2) is 36.4 Å². The third-order valence-electron chi connectivity index (χ3n) is 5.38. The summed E-state index contributed by atoms with van der Waals surface area (Å²) < 4.78 is 6.89. The van der Waals surface area contributed by atoms with Crippen LogP contribution in [-0.4, -0.2) is 48.1 Å². The topological polar surface area (TPSA) is 45.7 Å². The van der Waals surface area contributed by atoms with Gasteiger partial charge in [0.15, 0.2) is 5.13 Å². The van der Waals surface area contributed by atoms with E-state index in [2.05, 4.69) is 30.9 Å². The van der Waals surface area contributed by atoms with Gasteiger partial charge >= 0.3 is 0 Å². The van der Waals surface area contributed by atoms with Crippen LogP contribution in [0.25, 0.3) is 10.2 Å². The van der Waals surface area contributed by atoms with Gasteiger partial charge in [-0.1, -0.05) is 17.4 Å². The zero-order chi connectivity index (χ0) is 20.5. The fourth-order valence-electron chi connectivity index (χ4n) is 3.58. The standard InChI is InChI=1S/C23H27N3O2S/c1-15(2)28-19-8-6-18(7-9-19)22(27)25-11-13-26(14-12-25)23-24-21-17(4)16(3)5-10-20(21)29-23/h5-10,15H,11-14H2,1-4H3. The minimum Gasteiger partial charge on any atom is -0.491 e. The highest BCUT2D eigenvalue weighted by molar-refractivity contribution is 7.22. The van der Waals surface area contributed by atoms with Gasteiger partial charge in [0, 0.05) is 31.7 Å². The summed E-state index contributed by atoms with van der Waals surface area (Å²) in [5.74, 6) is 0.874. The molecule has 1 fully saturated rings. The zero-order valence-corrected chi connectivity index (χ0v) is 18.3. The Morgan fingerprint density at radius 1 is 1.03 bits per heavy atom. The van der Waals surface area contributed by atoms with E-state index in [4.69, 9.17) is 9.72 Å². The number of hydrogen-bond donors (Lipinski definition) is 0. The molecule has 1 aromatic heterocycles. The second-order valence-corrected chi connectivity index (χ2v) is 8.83. The number of carbonyl (C=O) groups is 1. The van der Waals surface area contributed by atoms with Gasteiger partial charge in [0.2, 0.25) is 0 Å². The summed E-state index contributed by atoms with van der Waals surface area (Å²) in [4.78, 5) is 22.0. The van der Waals surface area contributed by atoms with Crippen LogP contribution in [0.3, 0.4) is 0 Å². The van der Waals surface area contributed by atoms with Crippen LogP contribution in [0.5, 0.6) is 5.75 Å². The maximum atomic E-state index is 12.9. The summed E-state index contributed by atoms with van der Waals surface area (Å²) in [6, 6.07) is 11.8. The number of aryl methyl sites for hydroxylation is 2. The minimum atomic E-state index is 0.0801. The van der Waals surface area contributed by atoms with Crippen LogP contribution >= 0.6 is 11.3 Å². The number of nitrogens with zero attached hydrogens (tertiary/aromatic N) is 3. The molecule has 4 rings (SSSR count). The Kier molecular flexibility index (Phi) is 5.46. The summed E-state index contributed by atoms with van der Waals surface area (Å²) >= 11 is 1.74. The van der Waals surface area contributed by atoms with Gasteiger partial charge in [0.1, 0.15) is 5.75 Å². The largest absolute Gasteiger partial charge is 0.491 e. The van der Waals surface area contributed by atoms with Crippen molar-refractivity contribution in [2.24, 2.45) is 0 Å². The molecular formula is C23H27N3O2S. The van der Waals surface area contributed by atoms with E-state index in [1.165, 1.54) is 15.8 Å².